The van der Waals surface area contributed by atoms with Crippen molar-refractivity contribution in [2.24, 2.45) is 0 Å². The van der Waals surface area contributed by atoms with Crippen LogP contribution in [-0.2, 0) is 9.53 Å². The molecule has 0 fully saturated rings. The van der Waals surface area contributed by atoms with Crippen LogP contribution in [0.2, 0.25) is 0 Å². The predicted molar refractivity (Wildman–Crippen MR) is 121 cm³/mol. The van der Waals surface area contributed by atoms with E-state index in [-0.39, 0.29) is 6.61 Å². The van der Waals surface area contributed by atoms with Crippen molar-refractivity contribution in [3.8, 4) is 5.69 Å². The van der Waals surface area contributed by atoms with Crippen molar-refractivity contribution in [2.75, 3.05) is 11.9 Å². The standard InChI is InChI=1S/C25H23N3O3/c1-16-11-13-20(14-12-16)28-18(3)24(17(2)27-28)26-23(29)15-31-25(30)22-10-6-8-19-7-4-5-9-21(19)22/h4-14H,15H2,1-3H3,(H,26,29). The number of carbonyl (C=O) groups excluding carboxylic acids is 2. The summed E-state index contributed by atoms with van der Waals surface area (Å²) in [6.07, 6.45) is 0. The molecule has 1 heterocycles. The first-order chi connectivity index (χ1) is 14.9. The summed E-state index contributed by atoms with van der Waals surface area (Å²) in [5.41, 5.74) is 4.61. The van der Waals surface area contributed by atoms with Crippen LogP contribution in [0.15, 0.2) is 66.7 Å². The average molecular weight is 413 g/mol. The molecule has 0 atom stereocenters. The third-order valence-corrected chi connectivity index (χ3v) is 5.18. The van der Waals surface area contributed by atoms with E-state index in [2.05, 4.69) is 10.4 Å². The van der Waals surface area contributed by atoms with Crippen LogP contribution in [0, 0.1) is 20.8 Å². The Morgan fingerprint density at radius 1 is 0.935 bits per heavy atom. The van der Waals surface area contributed by atoms with E-state index in [9.17, 15) is 9.59 Å². The van der Waals surface area contributed by atoms with Crippen LogP contribution >= 0.6 is 0 Å². The molecule has 6 heteroatoms. The molecule has 1 aromatic heterocycles. The minimum absolute atomic E-state index is 0.378. The van der Waals surface area contributed by atoms with Gasteiger partial charge in [0.25, 0.3) is 5.91 Å². The van der Waals surface area contributed by atoms with Gasteiger partial charge in [-0.25, -0.2) is 9.48 Å². The van der Waals surface area contributed by atoms with Gasteiger partial charge in [0, 0.05) is 0 Å². The molecule has 156 valence electrons. The van der Waals surface area contributed by atoms with Gasteiger partial charge in [-0.05, 0) is 49.7 Å². The van der Waals surface area contributed by atoms with E-state index in [0.29, 0.717) is 16.9 Å². The quantitative estimate of drug-likeness (QED) is 0.480. The lowest BCUT2D eigenvalue weighted by atomic mass is 10.1. The van der Waals surface area contributed by atoms with Gasteiger partial charge in [0.2, 0.25) is 0 Å². The number of nitrogens with one attached hydrogen (secondary N) is 1. The normalized spacial score (nSPS) is 10.8. The first-order valence-corrected chi connectivity index (χ1v) is 10.0. The Morgan fingerprint density at radius 3 is 2.42 bits per heavy atom. The van der Waals surface area contributed by atoms with Gasteiger partial charge in [0.05, 0.1) is 28.3 Å². The number of rotatable bonds is 5. The highest BCUT2D eigenvalue weighted by Crippen LogP contribution is 2.23. The van der Waals surface area contributed by atoms with Crippen molar-refractivity contribution in [3.63, 3.8) is 0 Å². The second-order valence-electron chi connectivity index (χ2n) is 7.44. The minimum Gasteiger partial charge on any atom is -0.452 e. The number of nitrogens with zero attached hydrogens (tertiary/aromatic N) is 2. The first-order valence-electron chi connectivity index (χ1n) is 10.0. The molecule has 4 rings (SSSR count). The maximum Gasteiger partial charge on any atom is 0.339 e. The van der Waals surface area contributed by atoms with Gasteiger partial charge < -0.3 is 10.1 Å². The van der Waals surface area contributed by atoms with Crippen LogP contribution in [0.1, 0.15) is 27.3 Å². The molecule has 3 aromatic carbocycles. The van der Waals surface area contributed by atoms with E-state index in [4.69, 9.17) is 4.74 Å². The lowest BCUT2D eigenvalue weighted by molar-refractivity contribution is -0.119. The summed E-state index contributed by atoms with van der Waals surface area (Å²) >= 11 is 0. The number of hydrogen-bond donors (Lipinski definition) is 1. The highest BCUT2D eigenvalue weighted by molar-refractivity contribution is 6.05. The van der Waals surface area contributed by atoms with E-state index in [0.717, 1.165) is 27.7 Å². The third-order valence-electron chi connectivity index (χ3n) is 5.18. The fourth-order valence-electron chi connectivity index (χ4n) is 3.55. The number of anilines is 1. The van der Waals surface area contributed by atoms with Crippen LogP contribution in [0.5, 0.6) is 0 Å². The van der Waals surface area contributed by atoms with Crippen LogP contribution in [0.4, 0.5) is 5.69 Å². The molecule has 31 heavy (non-hydrogen) atoms. The maximum atomic E-state index is 12.5. The summed E-state index contributed by atoms with van der Waals surface area (Å²) in [4.78, 5) is 25.0. The number of esters is 1. The van der Waals surface area contributed by atoms with Crippen molar-refractivity contribution in [2.45, 2.75) is 20.8 Å². The van der Waals surface area contributed by atoms with Crippen molar-refractivity contribution >= 4 is 28.3 Å². The zero-order valence-electron chi connectivity index (χ0n) is 17.7. The fourth-order valence-corrected chi connectivity index (χ4v) is 3.55. The zero-order valence-corrected chi connectivity index (χ0v) is 17.7. The molecule has 4 aromatic rings. The lowest BCUT2D eigenvalue weighted by Crippen LogP contribution is -2.21. The van der Waals surface area contributed by atoms with Gasteiger partial charge in [-0.15, -0.1) is 0 Å². The molecule has 0 saturated carbocycles. The third kappa shape index (κ3) is 4.19. The molecule has 1 amide bonds. The summed E-state index contributed by atoms with van der Waals surface area (Å²) in [5, 5.41) is 9.09. The lowest BCUT2D eigenvalue weighted by Gasteiger charge is -2.09. The monoisotopic (exact) mass is 413 g/mol. The van der Waals surface area contributed by atoms with Gasteiger partial charge in [-0.1, -0.05) is 54.1 Å². The second-order valence-corrected chi connectivity index (χ2v) is 7.44. The van der Waals surface area contributed by atoms with Gasteiger partial charge in [0.15, 0.2) is 6.61 Å². The fraction of sp³-hybridized carbons (Fsp3) is 0.160. The Morgan fingerprint density at radius 2 is 1.65 bits per heavy atom. The Kier molecular flexibility index (Phi) is 5.54. The highest BCUT2D eigenvalue weighted by atomic mass is 16.5. The zero-order chi connectivity index (χ0) is 22.0. The number of fused-ring (bicyclic) bond motifs is 1. The van der Waals surface area contributed by atoms with Crippen molar-refractivity contribution in [1.29, 1.82) is 0 Å². The Bertz CT molecular complexity index is 1270. The summed E-state index contributed by atoms with van der Waals surface area (Å²) in [6.45, 7) is 5.36. The smallest absolute Gasteiger partial charge is 0.339 e. The van der Waals surface area contributed by atoms with E-state index < -0.39 is 11.9 Å². The SMILES string of the molecule is Cc1ccc(-n2nc(C)c(NC(=O)COC(=O)c3cccc4ccccc34)c2C)cc1. The van der Waals surface area contributed by atoms with Gasteiger partial charge in [-0.3, -0.25) is 4.79 Å². The predicted octanol–water partition coefficient (Wildman–Crippen LogP) is 4.75. The molecule has 0 unspecified atom stereocenters. The van der Waals surface area contributed by atoms with Crippen LogP contribution in [-0.4, -0.2) is 28.3 Å². The Labute approximate surface area is 180 Å². The molecular weight excluding hydrogens is 390 g/mol. The summed E-state index contributed by atoms with van der Waals surface area (Å²) < 4.78 is 7.06. The number of aromatic nitrogens is 2. The van der Waals surface area contributed by atoms with E-state index in [1.807, 2.05) is 75.4 Å². The molecule has 0 aliphatic carbocycles. The molecular formula is C25H23N3O3. The summed E-state index contributed by atoms with van der Waals surface area (Å²) in [6, 6.07) is 21.0. The molecule has 0 saturated heterocycles. The molecule has 0 aliphatic heterocycles. The average Bonchev–Trinajstić information content (AvgIpc) is 3.06. The van der Waals surface area contributed by atoms with Gasteiger partial charge in [-0.2, -0.15) is 5.10 Å². The Hall–Kier alpha value is -3.93. The van der Waals surface area contributed by atoms with Crippen LogP contribution in [0.25, 0.3) is 16.5 Å². The summed E-state index contributed by atoms with van der Waals surface area (Å²) in [7, 11) is 0. The van der Waals surface area contributed by atoms with E-state index in [1.54, 1.807) is 16.8 Å². The van der Waals surface area contributed by atoms with Gasteiger partial charge in [0.1, 0.15) is 0 Å². The number of amides is 1. The topological polar surface area (TPSA) is 73.2 Å². The molecule has 1 N–H and O–H groups in total. The second kappa shape index (κ2) is 8.44. The molecule has 0 aliphatic rings. The van der Waals surface area contributed by atoms with E-state index >= 15 is 0 Å². The number of aryl methyl sites for hydroxylation is 2. The first kappa shape index (κ1) is 20.3. The molecule has 0 radical (unpaired) electrons. The number of benzene rings is 3. The molecule has 0 bridgehead atoms. The maximum absolute atomic E-state index is 12.5. The van der Waals surface area contributed by atoms with Crippen LogP contribution < -0.4 is 5.32 Å². The van der Waals surface area contributed by atoms with Crippen molar-refractivity contribution in [1.82, 2.24) is 9.78 Å². The van der Waals surface area contributed by atoms with Crippen molar-refractivity contribution in [3.05, 3.63) is 89.2 Å². The number of carbonyl (C=O) groups is 2. The molecule has 0 spiro atoms. The van der Waals surface area contributed by atoms with E-state index in [1.165, 1.54) is 0 Å². The highest BCUT2D eigenvalue weighted by Gasteiger charge is 2.17. The van der Waals surface area contributed by atoms with Crippen molar-refractivity contribution < 1.29 is 14.3 Å². The number of ether oxygens (including phenoxy) is 1. The largest absolute Gasteiger partial charge is 0.452 e. The number of hydrogen-bond acceptors (Lipinski definition) is 4. The minimum atomic E-state index is -0.532. The van der Waals surface area contributed by atoms with Gasteiger partial charge >= 0.3 is 5.97 Å². The van der Waals surface area contributed by atoms with Crippen LogP contribution in [0.3, 0.4) is 0 Å². The Balaban J connectivity index is 1.45. The molecule has 6 nitrogen and oxygen atoms in total. The summed E-state index contributed by atoms with van der Waals surface area (Å²) in [5.74, 6) is -0.945.